The number of hydrogen-bond donors (Lipinski definition) is 0. The van der Waals surface area contributed by atoms with Crippen LogP contribution in [0.25, 0.3) is 158 Å². The first kappa shape index (κ1) is 52.1. The number of fused-ring (bicyclic) bond motifs is 20. The number of benzene rings is 15. The molecule has 0 saturated carbocycles. The highest BCUT2D eigenvalue weighted by atomic mass is 15.0. The summed E-state index contributed by atoms with van der Waals surface area (Å²) in [5.41, 5.74) is 19.9. The minimum atomic E-state index is 0.0255. The zero-order valence-electron chi connectivity index (χ0n) is 50.5. The summed E-state index contributed by atoms with van der Waals surface area (Å²) in [6.45, 7) is 6.86. The molecule has 424 valence electrons. The second-order valence-corrected chi connectivity index (χ2v) is 25.8. The summed E-state index contributed by atoms with van der Waals surface area (Å²) < 4.78 is 5.19. The fraction of sp³-hybridized carbons (Fsp3) is 0.0682. The molecule has 0 aliphatic heterocycles. The van der Waals surface area contributed by atoms with Gasteiger partial charge in [-0.3, -0.25) is 0 Å². The van der Waals surface area contributed by atoms with E-state index in [1.165, 1.54) is 175 Å². The van der Waals surface area contributed by atoms with Crippen LogP contribution in [-0.4, -0.2) is 9.13 Å². The number of nitrogens with zero attached hydrogens (tertiary/aromatic N) is 2. The molecular formula is C88H62N2. The maximum absolute atomic E-state index is 2.69. The van der Waals surface area contributed by atoms with E-state index in [0.29, 0.717) is 0 Å². The number of allylic oxidation sites excluding steroid dienone is 4. The molecule has 0 fully saturated rings. The van der Waals surface area contributed by atoms with Crippen LogP contribution in [0.15, 0.2) is 303 Å². The van der Waals surface area contributed by atoms with E-state index in [4.69, 9.17) is 0 Å². The minimum absolute atomic E-state index is 0.0255. The highest BCUT2D eigenvalue weighted by Gasteiger charge is 2.28. The van der Waals surface area contributed by atoms with Crippen LogP contribution in [0.4, 0.5) is 0 Å². The lowest BCUT2D eigenvalue weighted by atomic mass is 9.87. The van der Waals surface area contributed by atoms with E-state index in [2.05, 4.69) is 333 Å². The van der Waals surface area contributed by atoms with Crippen LogP contribution in [0.1, 0.15) is 49.9 Å². The van der Waals surface area contributed by atoms with Crippen LogP contribution in [0, 0.1) is 0 Å². The van der Waals surface area contributed by atoms with Crippen LogP contribution < -0.4 is 0 Å². The summed E-state index contributed by atoms with van der Waals surface area (Å²) in [4.78, 5) is 0. The zero-order valence-corrected chi connectivity index (χ0v) is 50.5. The average Bonchev–Trinajstić information content (AvgIpc) is 1.48. The molecule has 1 aliphatic carbocycles. The summed E-state index contributed by atoms with van der Waals surface area (Å²) in [6.07, 6.45) is 5.85. The molecule has 15 aromatic carbocycles. The van der Waals surface area contributed by atoms with E-state index in [-0.39, 0.29) is 11.5 Å². The first-order chi connectivity index (χ1) is 44.3. The Morgan fingerprint density at radius 2 is 0.722 bits per heavy atom. The van der Waals surface area contributed by atoms with Gasteiger partial charge in [0.2, 0.25) is 0 Å². The van der Waals surface area contributed by atoms with Crippen LogP contribution in [0.5, 0.6) is 0 Å². The van der Waals surface area contributed by atoms with Crippen molar-refractivity contribution in [3.05, 3.63) is 320 Å². The molecule has 0 amide bonds. The van der Waals surface area contributed by atoms with E-state index in [0.717, 1.165) is 6.42 Å². The molecule has 1 atom stereocenters. The van der Waals surface area contributed by atoms with Gasteiger partial charge in [0.25, 0.3) is 0 Å². The Balaban J connectivity index is 0.754. The smallest absolute Gasteiger partial charge is 0.0626 e. The first-order valence-electron chi connectivity index (χ1n) is 31.7. The fourth-order valence-corrected chi connectivity index (χ4v) is 15.6. The molecule has 2 heterocycles. The molecular weight excluding hydrogens is 1080 g/mol. The van der Waals surface area contributed by atoms with Gasteiger partial charge in [-0.15, -0.1) is 0 Å². The Bertz CT molecular complexity index is 5850. The zero-order chi connectivity index (χ0) is 59.8. The number of para-hydroxylation sites is 2. The summed E-state index contributed by atoms with van der Waals surface area (Å²) in [6, 6.07) is 109. The van der Waals surface area contributed by atoms with Crippen molar-refractivity contribution in [1.29, 1.82) is 0 Å². The van der Waals surface area contributed by atoms with E-state index >= 15 is 0 Å². The Labute approximate surface area is 523 Å². The van der Waals surface area contributed by atoms with E-state index in [1.54, 1.807) is 0 Å². The van der Waals surface area contributed by atoms with Gasteiger partial charge in [-0.05, 0) is 153 Å². The second kappa shape index (κ2) is 20.3. The van der Waals surface area contributed by atoms with Gasteiger partial charge in [0, 0.05) is 54.3 Å². The molecule has 0 bridgehead atoms. The fourth-order valence-electron chi connectivity index (χ4n) is 15.6. The van der Waals surface area contributed by atoms with E-state index in [9.17, 15) is 0 Å². The summed E-state index contributed by atoms with van der Waals surface area (Å²) in [5.74, 6) is 0. The van der Waals surface area contributed by atoms with Gasteiger partial charge in [-0.25, -0.2) is 0 Å². The maximum Gasteiger partial charge on any atom is 0.0626 e. The van der Waals surface area contributed by atoms with Gasteiger partial charge in [0.15, 0.2) is 0 Å². The minimum Gasteiger partial charge on any atom is -0.333 e. The van der Waals surface area contributed by atoms with Crippen LogP contribution in [0.2, 0.25) is 0 Å². The Kier molecular flexibility index (Phi) is 11.7. The van der Waals surface area contributed by atoms with E-state index in [1.807, 2.05) is 0 Å². The third-order valence-electron chi connectivity index (χ3n) is 19.7. The Morgan fingerprint density at radius 3 is 1.28 bits per heavy atom. The molecule has 2 nitrogen and oxygen atoms in total. The summed E-state index contributed by atoms with van der Waals surface area (Å²) in [5, 5.41) is 20.5. The average molecular weight is 1150 g/mol. The molecule has 1 unspecified atom stereocenters. The van der Waals surface area contributed by atoms with Crippen molar-refractivity contribution in [2.24, 2.45) is 0 Å². The third-order valence-corrected chi connectivity index (χ3v) is 19.7. The predicted molar refractivity (Wildman–Crippen MR) is 386 cm³/mol. The van der Waals surface area contributed by atoms with Gasteiger partial charge >= 0.3 is 0 Å². The van der Waals surface area contributed by atoms with Gasteiger partial charge in [-0.2, -0.15) is 0 Å². The standard InChI is InChI=1S/C88H62N2/c1-88(2,3)63-46-48-64(49-47-63)89-80-36-20-18-34-74(80)84-82-71-31-15-11-27-67(71)77(54-79(82)68-28-12-16-32-72(68)86(84)89)60-44-42-57(43-45-60)56-38-40-58(41-39-56)62-50-61(55-22-6-4-7-23-55)51-65(52-62)90-81-37-21-19-35-75(81)85-83-70-30-14-10-26-66(70)76(59-24-8-5-9-25-59)53-78(83)69-29-13-17-33-73(69)87(85)90/h4-50,52-54,65H,51H2,1-3H3. The predicted octanol–water partition coefficient (Wildman–Crippen LogP) is 24.2. The van der Waals surface area contributed by atoms with Crippen molar-refractivity contribution in [2.75, 3.05) is 0 Å². The maximum atomic E-state index is 2.69. The highest BCUT2D eigenvalue weighted by Crippen LogP contribution is 2.51. The SMILES string of the molecule is CC(C)(C)c1ccc(-n2c3ccccc3c3c4c5ccccc5c(-c5ccc(-c6ccc(C7=CC(n8c9ccccc9c9c%10c%11ccccc%11c(-c%11ccccc%11)cc%10c%10ccccc%10c98)CC(c8ccccc8)=C7)cc6)cc5)cc4c4ccccc4c32)cc1. The van der Waals surface area contributed by atoms with Gasteiger partial charge in [0.05, 0.1) is 22.6 Å². The Hall–Kier alpha value is -11.1. The molecule has 1 aliphatic rings. The van der Waals surface area contributed by atoms with Gasteiger partial charge in [0.1, 0.15) is 0 Å². The van der Waals surface area contributed by atoms with Crippen molar-refractivity contribution in [3.8, 4) is 39.1 Å². The van der Waals surface area contributed by atoms with Crippen molar-refractivity contribution < 1.29 is 0 Å². The number of hydrogen-bond acceptors (Lipinski definition) is 0. The molecule has 0 N–H and O–H groups in total. The molecule has 18 rings (SSSR count). The number of rotatable bonds is 7. The molecule has 2 aromatic heterocycles. The van der Waals surface area contributed by atoms with E-state index < -0.39 is 0 Å². The quantitative estimate of drug-likeness (QED) is 0.141. The lowest BCUT2D eigenvalue weighted by Gasteiger charge is -2.26. The summed E-state index contributed by atoms with van der Waals surface area (Å²) in [7, 11) is 0. The first-order valence-corrected chi connectivity index (χ1v) is 31.7. The van der Waals surface area contributed by atoms with Crippen molar-refractivity contribution in [1.82, 2.24) is 9.13 Å². The molecule has 0 spiro atoms. The Morgan fingerprint density at radius 1 is 0.311 bits per heavy atom. The van der Waals surface area contributed by atoms with Crippen molar-refractivity contribution >= 4 is 119 Å². The second-order valence-electron chi connectivity index (χ2n) is 25.8. The largest absolute Gasteiger partial charge is 0.333 e. The van der Waals surface area contributed by atoms with Crippen molar-refractivity contribution in [3.63, 3.8) is 0 Å². The lowest BCUT2D eigenvalue weighted by molar-refractivity contribution is 0.590. The summed E-state index contributed by atoms with van der Waals surface area (Å²) >= 11 is 0. The van der Waals surface area contributed by atoms with Crippen LogP contribution in [-0.2, 0) is 5.41 Å². The topological polar surface area (TPSA) is 9.86 Å². The molecule has 0 radical (unpaired) electrons. The molecule has 17 aromatic rings. The monoisotopic (exact) mass is 1150 g/mol. The molecule has 2 heteroatoms. The lowest BCUT2D eigenvalue weighted by Crippen LogP contribution is -2.11. The molecule has 0 saturated heterocycles. The van der Waals surface area contributed by atoms with Gasteiger partial charge < -0.3 is 9.13 Å². The molecule has 90 heavy (non-hydrogen) atoms. The normalized spacial score (nSPS) is 13.9. The van der Waals surface area contributed by atoms with Crippen LogP contribution in [0.3, 0.4) is 0 Å². The highest BCUT2D eigenvalue weighted by molar-refractivity contribution is 6.39. The third kappa shape index (κ3) is 8.04. The van der Waals surface area contributed by atoms with Crippen LogP contribution >= 0.6 is 0 Å². The van der Waals surface area contributed by atoms with Crippen molar-refractivity contribution in [2.45, 2.75) is 38.6 Å². The van der Waals surface area contributed by atoms with Gasteiger partial charge in [-0.1, -0.05) is 288 Å². The number of aromatic nitrogens is 2.